The van der Waals surface area contributed by atoms with E-state index in [0.717, 1.165) is 49.7 Å². The van der Waals surface area contributed by atoms with Crippen molar-refractivity contribution in [2.45, 2.75) is 50.6 Å². The molecular formula is C24H28N2O2. The largest absolute Gasteiger partial charge is 0.349 e. The topological polar surface area (TPSA) is 58.2 Å². The number of nitrogens with one attached hydrogen (secondary N) is 2. The van der Waals surface area contributed by atoms with Gasteiger partial charge in [0.1, 0.15) is 0 Å². The summed E-state index contributed by atoms with van der Waals surface area (Å²) in [5, 5.41) is 6.58. The fourth-order valence-corrected chi connectivity index (χ4v) is 5.04. The zero-order chi connectivity index (χ0) is 19.3. The van der Waals surface area contributed by atoms with Gasteiger partial charge in [-0.15, -0.1) is 0 Å². The Morgan fingerprint density at radius 3 is 1.39 bits per heavy atom. The van der Waals surface area contributed by atoms with Crippen LogP contribution in [0.2, 0.25) is 0 Å². The maximum Gasteiger partial charge on any atom is 0.251 e. The van der Waals surface area contributed by atoms with Gasteiger partial charge in [-0.3, -0.25) is 9.59 Å². The van der Waals surface area contributed by atoms with E-state index >= 15 is 0 Å². The average molecular weight is 377 g/mol. The van der Waals surface area contributed by atoms with Crippen LogP contribution in [0.15, 0.2) is 60.7 Å². The van der Waals surface area contributed by atoms with Crippen molar-refractivity contribution in [1.29, 1.82) is 0 Å². The van der Waals surface area contributed by atoms with E-state index in [2.05, 4.69) is 10.6 Å². The van der Waals surface area contributed by atoms with E-state index in [1.165, 1.54) is 0 Å². The summed E-state index contributed by atoms with van der Waals surface area (Å²) in [6.45, 7) is 0. The van der Waals surface area contributed by atoms with Crippen LogP contribution in [0.25, 0.3) is 0 Å². The Balaban J connectivity index is 1.43. The smallest absolute Gasteiger partial charge is 0.251 e. The average Bonchev–Trinajstić information content (AvgIpc) is 2.75. The molecule has 2 aliphatic rings. The Hall–Kier alpha value is -2.62. The van der Waals surface area contributed by atoms with E-state index in [1.807, 2.05) is 60.7 Å². The van der Waals surface area contributed by atoms with Gasteiger partial charge >= 0.3 is 0 Å². The predicted octanol–water partition coefficient (Wildman–Crippen LogP) is 4.18. The molecule has 2 aromatic carbocycles. The van der Waals surface area contributed by atoms with Crippen molar-refractivity contribution in [3.05, 3.63) is 71.8 Å². The molecule has 4 heteroatoms. The van der Waals surface area contributed by atoms with Gasteiger partial charge in [-0.2, -0.15) is 0 Å². The predicted molar refractivity (Wildman–Crippen MR) is 110 cm³/mol. The molecule has 0 bridgehead atoms. The molecule has 146 valence electrons. The number of carbonyl (C=O) groups is 2. The molecule has 2 fully saturated rings. The third kappa shape index (κ3) is 4.11. The molecule has 2 saturated carbocycles. The second-order valence-electron chi connectivity index (χ2n) is 8.08. The Kier molecular flexibility index (Phi) is 5.75. The number of carbonyl (C=O) groups excluding carboxylic acids is 2. The number of benzene rings is 2. The molecule has 0 aliphatic heterocycles. The van der Waals surface area contributed by atoms with Gasteiger partial charge in [-0.25, -0.2) is 0 Å². The molecule has 2 aromatic rings. The first-order valence-corrected chi connectivity index (χ1v) is 10.4. The van der Waals surface area contributed by atoms with Crippen molar-refractivity contribution in [3.8, 4) is 0 Å². The SMILES string of the molecule is O=C(N[C@H]1CCC[C@H]2[C@H]1CCC[C@H]2NC(=O)c1ccccc1)c1ccccc1. The highest BCUT2D eigenvalue weighted by Crippen LogP contribution is 2.41. The minimum Gasteiger partial charge on any atom is -0.349 e. The molecule has 2 N–H and O–H groups in total. The van der Waals surface area contributed by atoms with E-state index in [9.17, 15) is 9.59 Å². The normalized spacial score (nSPS) is 26.7. The lowest BCUT2D eigenvalue weighted by molar-refractivity contribution is 0.0664. The third-order valence-corrected chi connectivity index (χ3v) is 6.39. The van der Waals surface area contributed by atoms with Crippen LogP contribution in [0.1, 0.15) is 59.2 Å². The highest BCUT2D eigenvalue weighted by molar-refractivity contribution is 5.94. The summed E-state index contributed by atoms with van der Waals surface area (Å²) >= 11 is 0. The molecule has 0 saturated heterocycles. The van der Waals surface area contributed by atoms with Crippen LogP contribution >= 0.6 is 0 Å². The Labute approximate surface area is 166 Å². The highest BCUT2D eigenvalue weighted by Gasteiger charge is 2.41. The molecule has 4 nitrogen and oxygen atoms in total. The van der Waals surface area contributed by atoms with Crippen LogP contribution in [0.3, 0.4) is 0 Å². The monoisotopic (exact) mass is 376 g/mol. The van der Waals surface area contributed by atoms with Crippen molar-refractivity contribution in [1.82, 2.24) is 10.6 Å². The molecule has 4 rings (SSSR count). The van der Waals surface area contributed by atoms with E-state index in [4.69, 9.17) is 0 Å². The molecule has 0 aromatic heterocycles. The lowest BCUT2D eigenvalue weighted by Gasteiger charge is -2.46. The molecule has 0 spiro atoms. The van der Waals surface area contributed by atoms with Crippen molar-refractivity contribution in [2.75, 3.05) is 0 Å². The van der Waals surface area contributed by atoms with Gasteiger partial charge in [-0.1, -0.05) is 49.2 Å². The first-order chi connectivity index (χ1) is 13.7. The quantitative estimate of drug-likeness (QED) is 0.841. The van der Waals surface area contributed by atoms with Crippen molar-refractivity contribution < 1.29 is 9.59 Å². The summed E-state index contributed by atoms with van der Waals surface area (Å²) < 4.78 is 0. The molecule has 0 heterocycles. The molecule has 0 unspecified atom stereocenters. The van der Waals surface area contributed by atoms with Gasteiger partial charge in [0.25, 0.3) is 11.8 Å². The molecular weight excluding hydrogens is 348 g/mol. The van der Waals surface area contributed by atoms with Crippen LogP contribution in [-0.2, 0) is 0 Å². The number of amides is 2. The van der Waals surface area contributed by atoms with E-state index in [1.54, 1.807) is 0 Å². The zero-order valence-electron chi connectivity index (χ0n) is 16.1. The van der Waals surface area contributed by atoms with E-state index in [-0.39, 0.29) is 23.9 Å². The summed E-state index contributed by atoms with van der Waals surface area (Å²) in [6, 6.07) is 19.3. The van der Waals surface area contributed by atoms with E-state index < -0.39 is 0 Å². The number of hydrogen-bond acceptors (Lipinski definition) is 2. The summed E-state index contributed by atoms with van der Waals surface area (Å²) in [6.07, 6.45) is 6.50. The second kappa shape index (κ2) is 8.59. The minimum atomic E-state index is 0.0155. The first kappa shape index (κ1) is 18.7. The molecule has 4 atom stereocenters. The summed E-state index contributed by atoms with van der Waals surface area (Å²) in [5.74, 6) is 0.913. The van der Waals surface area contributed by atoms with Crippen LogP contribution < -0.4 is 10.6 Å². The van der Waals surface area contributed by atoms with Gasteiger partial charge in [0.05, 0.1) is 0 Å². The molecule has 2 aliphatic carbocycles. The fraction of sp³-hybridized carbons (Fsp3) is 0.417. The summed E-state index contributed by atoms with van der Waals surface area (Å²) in [4.78, 5) is 25.3. The number of fused-ring (bicyclic) bond motifs is 1. The maximum absolute atomic E-state index is 12.7. The minimum absolute atomic E-state index is 0.0155. The van der Waals surface area contributed by atoms with Crippen molar-refractivity contribution in [2.24, 2.45) is 11.8 Å². The van der Waals surface area contributed by atoms with Crippen molar-refractivity contribution in [3.63, 3.8) is 0 Å². The third-order valence-electron chi connectivity index (χ3n) is 6.39. The molecule has 2 amide bonds. The van der Waals surface area contributed by atoms with Crippen LogP contribution in [-0.4, -0.2) is 23.9 Å². The Morgan fingerprint density at radius 1 is 0.607 bits per heavy atom. The van der Waals surface area contributed by atoms with Gasteiger partial charge in [-0.05, 0) is 61.8 Å². The standard InChI is InChI=1S/C24H28N2O2/c27-23(17-9-3-1-4-10-17)25-21-15-7-14-20-19(21)13-8-16-22(20)26-24(28)18-11-5-2-6-12-18/h1-6,9-12,19-22H,7-8,13-16H2,(H,25,27)(H,26,28)/t19-,20+,21+,22-. The van der Waals surface area contributed by atoms with Gasteiger partial charge in [0.15, 0.2) is 0 Å². The van der Waals surface area contributed by atoms with Crippen LogP contribution in [0.4, 0.5) is 0 Å². The first-order valence-electron chi connectivity index (χ1n) is 10.4. The van der Waals surface area contributed by atoms with Gasteiger partial charge in [0.2, 0.25) is 0 Å². The highest BCUT2D eigenvalue weighted by atomic mass is 16.2. The van der Waals surface area contributed by atoms with Crippen LogP contribution in [0.5, 0.6) is 0 Å². The lowest BCUT2D eigenvalue weighted by Crippen LogP contribution is -2.53. The Bertz CT molecular complexity index is 736. The van der Waals surface area contributed by atoms with Crippen molar-refractivity contribution >= 4 is 11.8 Å². The van der Waals surface area contributed by atoms with Crippen LogP contribution in [0, 0.1) is 11.8 Å². The van der Waals surface area contributed by atoms with E-state index in [0.29, 0.717) is 11.8 Å². The number of rotatable bonds is 4. The molecule has 0 radical (unpaired) electrons. The Morgan fingerprint density at radius 2 is 1.00 bits per heavy atom. The second-order valence-corrected chi connectivity index (χ2v) is 8.08. The fourth-order valence-electron chi connectivity index (χ4n) is 5.04. The summed E-state index contributed by atoms with van der Waals surface area (Å²) in [7, 11) is 0. The zero-order valence-corrected chi connectivity index (χ0v) is 16.1. The maximum atomic E-state index is 12.7. The van der Waals surface area contributed by atoms with Gasteiger partial charge < -0.3 is 10.6 Å². The molecule has 28 heavy (non-hydrogen) atoms. The number of hydrogen-bond donors (Lipinski definition) is 2. The lowest BCUT2D eigenvalue weighted by atomic mass is 9.66. The summed E-state index contributed by atoms with van der Waals surface area (Å²) in [5.41, 5.74) is 1.43. The van der Waals surface area contributed by atoms with Gasteiger partial charge in [0, 0.05) is 23.2 Å².